The number of hydrogen-bond donors (Lipinski definition) is 0. The van der Waals surface area contributed by atoms with Crippen LogP contribution in [0.1, 0.15) is 16.2 Å². The molecule has 0 aliphatic rings. The largest absolute Gasteiger partial charge is 0.486 e. The Hall–Kier alpha value is -2.75. The van der Waals surface area contributed by atoms with Crippen LogP contribution in [0, 0.1) is 0 Å². The van der Waals surface area contributed by atoms with Gasteiger partial charge in [0, 0.05) is 5.39 Å². The summed E-state index contributed by atoms with van der Waals surface area (Å²) in [6.07, 6.45) is 2.24. The smallest absolute Gasteiger partial charge is 0.168 e. The SMILES string of the molecule is O=Cc1ccc(OCc2ccc3ccccc3n2)cn1. The second kappa shape index (κ2) is 5.48. The maximum atomic E-state index is 10.5. The van der Waals surface area contributed by atoms with Gasteiger partial charge in [-0.2, -0.15) is 0 Å². The number of rotatable bonds is 4. The summed E-state index contributed by atoms with van der Waals surface area (Å²) in [6, 6.07) is 15.2. The molecule has 2 heterocycles. The molecule has 0 fully saturated rings. The Kier molecular flexibility index (Phi) is 3.37. The van der Waals surface area contributed by atoms with E-state index >= 15 is 0 Å². The van der Waals surface area contributed by atoms with Crippen LogP contribution in [0.3, 0.4) is 0 Å². The molecule has 0 N–H and O–H groups in total. The van der Waals surface area contributed by atoms with Crippen molar-refractivity contribution in [3.63, 3.8) is 0 Å². The van der Waals surface area contributed by atoms with E-state index in [2.05, 4.69) is 9.97 Å². The molecular weight excluding hydrogens is 252 g/mol. The number of para-hydroxylation sites is 1. The predicted octanol–water partition coefficient (Wildman–Crippen LogP) is 3.02. The van der Waals surface area contributed by atoms with E-state index in [0.29, 0.717) is 24.3 Å². The van der Waals surface area contributed by atoms with Crippen molar-refractivity contribution in [1.29, 1.82) is 0 Å². The summed E-state index contributed by atoms with van der Waals surface area (Å²) in [6.45, 7) is 0.368. The molecule has 4 heteroatoms. The van der Waals surface area contributed by atoms with Crippen LogP contribution in [0.25, 0.3) is 10.9 Å². The molecular formula is C16H12N2O2. The molecule has 98 valence electrons. The first-order valence-electron chi connectivity index (χ1n) is 6.24. The highest BCUT2D eigenvalue weighted by molar-refractivity contribution is 5.78. The number of fused-ring (bicyclic) bond motifs is 1. The van der Waals surface area contributed by atoms with Crippen molar-refractivity contribution in [3.8, 4) is 5.75 Å². The fourth-order valence-electron chi connectivity index (χ4n) is 1.89. The number of carbonyl (C=O) groups is 1. The van der Waals surface area contributed by atoms with Gasteiger partial charge in [0.05, 0.1) is 17.4 Å². The summed E-state index contributed by atoms with van der Waals surface area (Å²) in [4.78, 5) is 19.0. The van der Waals surface area contributed by atoms with Gasteiger partial charge in [0.15, 0.2) is 6.29 Å². The van der Waals surface area contributed by atoms with Crippen molar-refractivity contribution in [2.45, 2.75) is 6.61 Å². The number of carbonyl (C=O) groups excluding carboxylic acids is 1. The van der Waals surface area contributed by atoms with Gasteiger partial charge in [-0.15, -0.1) is 0 Å². The second-order valence-corrected chi connectivity index (χ2v) is 4.32. The summed E-state index contributed by atoms with van der Waals surface area (Å²) < 4.78 is 5.60. The van der Waals surface area contributed by atoms with Gasteiger partial charge in [0.25, 0.3) is 0 Å². The third kappa shape index (κ3) is 2.64. The highest BCUT2D eigenvalue weighted by atomic mass is 16.5. The van der Waals surface area contributed by atoms with Crippen LogP contribution in [-0.4, -0.2) is 16.3 Å². The normalized spacial score (nSPS) is 10.4. The van der Waals surface area contributed by atoms with Crippen LogP contribution in [0.4, 0.5) is 0 Å². The summed E-state index contributed by atoms with van der Waals surface area (Å²) >= 11 is 0. The van der Waals surface area contributed by atoms with E-state index in [1.807, 2.05) is 36.4 Å². The van der Waals surface area contributed by atoms with Gasteiger partial charge in [0.2, 0.25) is 0 Å². The molecule has 20 heavy (non-hydrogen) atoms. The summed E-state index contributed by atoms with van der Waals surface area (Å²) in [5, 5.41) is 1.10. The number of nitrogens with zero attached hydrogens (tertiary/aromatic N) is 2. The molecule has 0 amide bonds. The van der Waals surface area contributed by atoms with Crippen molar-refractivity contribution >= 4 is 17.2 Å². The third-order valence-electron chi connectivity index (χ3n) is 2.92. The molecule has 4 nitrogen and oxygen atoms in total. The number of aldehydes is 1. The Balaban J connectivity index is 1.74. The minimum absolute atomic E-state index is 0.368. The first-order valence-corrected chi connectivity index (χ1v) is 6.24. The van der Waals surface area contributed by atoms with E-state index in [0.717, 1.165) is 16.6 Å². The Labute approximate surface area is 116 Å². The van der Waals surface area contributed by atoms with E-state index in [1.165, 1.54) is 6.20 Å². The molecule has 2 aromatic heterocycles. The number of hydrogen-bond acceptors (Lipinski definition) is 4. The van der Waals surface area contributed by atoms with Crippen LogP contribution in [0.2, 0.25) is 0 Å². The molecule has 3 rings (SSSR count). The van der Waals surface area contributed by atoms with Crippen molar-refractivity contribution in [3.05, 3.63) is 66.1 Å². The van der Waals surface area contributed by atoms with Crippen molar-refractivity contribution in [1.82, 2.24) is 9.97 Å². The highest BCUT2D eigenvalue weighted by Gasteiger charge is 2.00. The topological polar surface area (TPSA) is 52.1 Å². The first kappa shape index (κ1) is 12.3. The zero-order chi connectivity index (χ0) is 13.8. The number of ether oxygens (including phenoxy) is 1. The van der Waals surface area contributed by atoms with Gasteiger partial charge in [-0.3, -0.25) is 4.79 Å². The monoisotopic (exact) mass is 264 g/mol. The van der Waals surface area contributed by atoms with Crippen LogP contribution in [0.5, 0.6) is 5.75 Å². The van der Waals surface area contributed by atoms with Gasteiger partial charge in [0.1, 0.15) is 18.1 Å². The molecule has 0 aliphatic heterocycles. The van der Waals surface area contributed by atoms with Gasteiger partial charge >= 0.3 is 0 Å². The Morgan fingerprint density at radius 1 is 1.05 bits per heavy atom. The Morgan fingerprint density at radius 3 is 2.75 bits per heavy atom. The van der Waals surface area contributed by atoms with Gasteiger partial charge in [-0.25, -0.2) is 9.97 Å². The molecule has 3 aromatic rings. The third-order valence-corrected chi connectivity index (χ3v) is 2.92. The quantitative estimate of drug-likeness (QED) is 0.680. The van der Waals surface area contributed by atoms with Crippen LogP contribution in [-0.2, 0) is 6.61 Å². The lowest BCUT2D eigenvalue weighted by molar-refractivity contribution is 0.111. The van der Waals surface area contributed by atoms with Gasteiger partial charge < -0.3 is 4.74 Å². The number of aromatic nitrogens is 2. The predicted molar refractivity (Wildman–Crippen MR) is 75.7 cm³/mol. The van der Waals surface area contributed by atoms with E-state index in [9.17, 15) is 4.79 Å². The van der Waals surface area contributed by atoms with E-state index in [-0.39, 0.29) is 0 Å². The summed E-state index contributed by atoms with van der Waals surface area (Å²) in [7, 11) is 0. The molecule has 0 saturated carbocycles. The lowest BCUT2D eigenvalue weighted by Crippen LogP contribution is -1.99. The Morgan fingerprint density at radius 2 is 1.95 bits per heavy atom. The molecule has 0 radical (unpaired) electrons. The minimum atomic E-state index is 0.368. The standard InChI is InChI=1S/C16H12N2O2/c19-10-13-7-8-15(9-17-13)20-11-14-6-5-12-3-1-2-4-16(12)18-14/h1-10H,11H2. The van der Waals surface area contributed by atoms with E-state index < -0.39 is 0 Å². The molecule has 0 atom stereocenters. The molecule has 0 spiro atoms. The zero-order valence-corrected chi connectivity index (χ0v) is 10.7. The summed E-state index contributed by atoms with van der Waals surface area (Å²) in [5.41, 5.74) is 2.19. The average Bonchev–Trinajstić information content (AvgIpc) is 2.53. The number of benzene rings is 1. The molecule has 0 saturated heterocycles. The van der Waals surface area contributed by atoms with Gasteiger partial charge in [-0.05, 0) is 24.3 Å². The van der Waals surface area contributed by atoms with Crippen molar-refractivity contribution < 1.29 is 9.53 Å². The Bertz CT molecular complexity index is 739. The minimum Gasteiger partial charge on any atom is -0.486 e. The zero-order valence-electron chi connectivity index (χ0n) is 10.7. The van der Waals surface area contributed by atoms with Crippen LogP contribution >= 0.6 is 0 Å². The maximum absolute atomic E-state index is 10.5. The highest BCUT2D eigenvalue weighted by Crippen LogP contribution is 2.14. The van der Waals surface area contributed by atoms with Crippen molar-refractivity contribution in [2.24, 2.45) is 0 Å². The number of pyridine rings is 2. The maximum Gasteiger partial charge on any atom is 0.168 e. The van der Waals surface area contributed by atoms with Crippen LogP contribution < -0.4 is 4.74 Å². The van der Waals surface area contributed by atoms with E-state index in [1.54, 1.807) is 12.1 Å². The molecule has 0 unspecified atom stereocenters. The van der Waals surface area contributed by atoms with Gasteiger partial charge in [-0.1, -0.05) is 24.3 Å². The fourth-order valence-corrected chi connectivity index (χ4v) is 1.89. The molecule has 1 aromatic carbocycles. The van der Waals surface area contributed by atoms with E-state index in [4.69, 9.17) is 4.74 Å². The van der Waals surface area contributed by atoms with Crippen molar-refractivity contribution in [2.75, 3.05) is 0 Å². The second-order valence-electron chi connectivity index (χ2n) is 4.32. The molecule has 0 aliphatic carbocycles. The molecule has 0 bridgehead atoms. The average molecular weight is 264 g/mol. The first-order chi connectivity index (χ1) is 9.85. The fraction of sp³-hybridized carbons (Fsp3) is 0.0625. The lowest BCUT2D eigenvalue weighted by atomic mass is 10.2. The van der Waals surface area contributed by atoms with Crippen LogP contribution in [0.15, 0.2) is 54.7 Å². The summed E-state index contributed by atoms with van der Waals surface area (Å²) in [5.74, 6) is 0.616. The lowest BCUT2D eigenvalue weighted by Gasteiger charge is -2.06.